The van der Waals surface area contributed by atoms with Crippen molar-refractivity contribution in [2.75, 3.05) is 25.0 Å². The Labute approximate surface area is 182 Å². The van der Waals surface area contributed by atoms with Crippen LogP contribution in [0.1, 0.15) is 47.4 Å². The molecule has 0 radical (unpaired) electrons. The molecule has 1 heterocycles. The van der Waals surface area contributed by atoms with Gasteiger partial charge in [0.05, 0.1) is 17.9 Å². The Kier molecular flexibility index (Phi) is 7.41. The van der Waals surface area contributed by atoms with Gasteiger partial charge in [-0.1, -0.05) is 32.0 Å². The van der Waals surface area contributed by atoms with Gasteiger partial charge in [0, 0.05) is 18.7 Å². The molecule has 0 aliphatic carbocycles. The Morgan fingerprint density at radius 2 is 1.83 bits per heavy atom. The number of thiocarbonyl (C=S) groups is 1. The molecule has 2 N–H and O–H groups in total. The molecule has 0 saturated carbocycles. The molecule has 0 unspecified atom stereocenters. The quantitative estimate of drug-likeness (QED) is 0.683. The van der Waals surface area contributed by atoms with Crippen molar-refractivity contribution in [1.29, 1.82) is 0 Å². The van der Waals surface area contributed by atoms with Gasteiger partial charge in [0.2, 0.25) is 0 Å². The number of carbonyl (C=O) groups is 2. The minimum absolute atomic E-state index is 0.0280. The lowest BCUT2D eigenvalue weighted by molar-refractivity contribution is 0.0793. The fourth-order valence-electron chi connectivity index (χ4n) is 3.19. The van der Waals surface area contributed by atoms with Crippen molar-refractivity contribution < 1.29 is 14.3 Å². The zero-order valence-electron chi connectivity index (χ0n) is 17.3. The fourth-order valence-corrected chi connectivity index (χ4v) is 3.39. The van der Waals surface area contributed by atoms with Crippen molar-refractivity contribution >= 4 is 34.8 Å². The zero-order chi connectivity index (χ0) is 21.5. The minimum atomic E-state index is -0.342. The van der Waals surface area contributed by atoms with Gasteiger partial charge >= 0.3 is 0 Å². The number of anilines is 1. The van der Waals surface area contributed by atoms with E-state index in [-0.39, 0.29) is 16.9 Å². The van der Waals surface area contributed by atoms with E-state index in [1.165, 1.54) is 0 Å². The normalized spacial score (nSPS) is 13.2. The first-order valence-corrected chi connectivity index (χ1v) is 10.6. The number of benzene rings is 2. The molecule has 2 aromatic rings. The summed E-state index contributed by atoms with van der Waals surface area (Å²) in [6.45, 7) is 6.24. The molecule has 2 aromatic carbocycles. The van der Waals surface area contributed by atoms with Crippen LogP contribution in [-0.2, 0) is 0 Å². The van der Waals surface area contributed by atoms with E-state index >= 15 is 0 Å². The van der Waals surface area contributed by atoms with Crippen molar-refractivity contribution in [2.45, 2.75) is 26.7 Å². The number of para-hydroxylation sites is 1. The van der Waals surface area contributed by atoms with Crippen LogP contribution in [0.5, 0.6) is 5.75 Å². The van der Waals surface area contributed by atoms with E-state index in [1.54, 1.807) is 30.3 Å². The number of hydrogen-bond acceptors (Lipinski definition) is 4. The summed E-state index contributed by atoms with van der Waals surface area (Å²) >= 11 is 5.31. The third-order valence-corrected chi connectivity index (χ3v) is 4.91. The van der Waals surface area contributed by atoms with Crippen LogP contribution in [0.25, 0.3) is 0 Å². The van der Waals surface area contributed by atoms with Gasteiger partial charge in [0.15, 0.2) is 5.11 Å². The molecule has 1 fully saturated rings. The third kappa shape index (κ3) is 5.79. The third-order valence-electron chi connectivity index (χ3n) is 4.71. The van der Waals surface area contributed by atoms with Crippen LogP contribution in [0.2, 0.25) is 0 Å². The Morgan fingerprint density at radius 1 is 1.10 bits per heavy atom. The zero-order valence-corrected chi connectivity index (χ0v) is 18.1. The second-order valence-electron chi connectivity index (χ2n) is 7.69. The lowest BCUT2D eigenvalue weighted by Crippen LogP contribution is -2.35. The second kappa shape index (κ2) is 10.2. The van der Waals surface area contributed by atoms with E-state index < -0.39 is 0 Å². The molecule has 1 aliphatic rings. The molecule has 0 atom stereocenters. The number of nitrogens with one attached hydrogen (secondary N) is 2. The average Bonchev–Trinajstić information content (AvgIpc) is 3.27. The molecule has 6 nitrogen and oxygen atoms in total. The van der Waals surface area contributed by atoms with Crippen molar-refractivity contribution in [2.24, 2.45) is 5.92 Å². The highest BCUT2D eigenvalue weighted by Crippen LogP contribution is 2.20. The number of likely N-dealkylation sites (tertiary alicyclic amines) is 1. The lowest BCUT2D eigenvalue weighted by Gasteiger charge is -2.18. The van der Waals surface area contributed by atoms with Crippen molar-refractivity contribution in [3.8, 4) is 5.75 Å². The molecule has 2 amide bonds. The summed E-state index contributed by atoms with van der Waals surface area (Å²) in [7, 11) is 0. The van der Waals surface area contributed by atoms with Crippen LogP contribution in [0.3, 0.4) is 0 Å². The number of carbonyl (C=O) groups excluding carboxylic acids is 2. The van der Waals surface area contributed by atoms with Crippen LogP contribution in [0.4, 0.5) is 5.69 Å². The van der Waals surface area contributed by atoms with Crippen molar-refractivity contribution in [3.63, 3.8) is 0 Å². The Hall–Kier alpha value is -2.93. The van der Waals surface area contributed by atoms with Crippen molar-refractivity contribution in [3.05, 3.63) is 59.7 Å². The summed E-state index contributed by atoms with van der Waals surface area (Å²) in [5.74, 6) is 0.657. The molecular weight excluding hydrogens is 398 g/mol. The van der Waals surface area contributed by atoms with Gasteiger partial charge in [-0.2, -0.15) is 0 Å². The Bertz CT molecular complexity index is 923. The molecule has 158 valence electrons. The molecule has 30 heavy (non-hydrogen) atoms. The van der Waals surface area contributed by atoms with E-state index in [2.05, 4.69) is 24.5 Å². The highest BCUT2D eigenvalue weighted by Gasteiger charge is 2.22. The molecule has 3 rings (SSSR count). The van der Waals surface area contributed by atoms with Gasteiger partial charge < -0.3 is 15.0 Å². The van der Waals surface area contributed by atoms with Crippen LogP contribution in [-0.4, -0.2) is 41.5 Å². The van der Waals surface area contributed by atoms with Crippen molar-refractivity contribution in [1.82, 2.24) is 10.2 Å². The predicted octanol–water partition coefficient (Wildman–Crippen LogP) is 4.08. The predicted molar refractivity (Wildman–Crippen MR) is 122 cm³/mol. The maximum absolute atomic E-state index is 12.8. The van der Waals surface area contributed by atoms with Gasteiger partial charge in [0.25, 0.3) is 11.8 Å². The Morgan fingerprint density at radius 3 is 2.57 bits per heavy atom. The number of ether oxygens (including phenoxy) is 1. The molecule has 0 spiro atoms. The summed E-state index contributed by atoms with van der Waals surface area (Å²) < 4.78 is 5.68. The summed E-state index contributed by atoms with van der Waals surface area (Å²) in [4.78, 5) is 27.2. The monoisotopic (exact) mass is 425 g/mol. The molecule has 7 heteroatoms. The van der Waals surface area contributed by atoms with Gasteiger partial charge in [-0.15, -0.1) is 0 Å². The summed E-state index contributed by atoms with van der Waals surface area (Å²) in [6, 6.07) is 14.2. The van der Waals surface area contributed by atoms with Crippen LogP contribution < -0.4 is 15.4 Å². The highest BCUT2D eigenvalue weighted by atomic mass is 32.1. The maximum atomic E-state index is 12.8. The van der Waals surface area contributed by atoms with Gasteiger partial charge in [0.1, 0.15) is 5.75 Å². The molecule has 1 saturated heterocycles. The average molecular weight is 426 g/mol. The lowest BCUT2D eigenvalue weighted by atomic mass is 10.1. The summed E-state index contributed by atoms with van der Waals surface area (Å²) in [6.07, 6.45) is 2.05. The Balaban J connectivity index is 1.64. The second-order valence-corrected chi connectivity index (χ2v) is 8.09. The van der Waals surface area contributed by atoms with Gasteiger partial charge in [-0.3, -0.25) is 14.9 Å². The molecule has 1 aliphatic heterocycles. The van der Waals surface area contributed by atoms with Crippen LogP contribution in [0, 0.1) is 5.92 Å². The van der Waals surface area contributed by atoms with Gasteiger partial charge in [-0.05, 0) is 61.3 Å². The van der Waals surface area contributed by atoms with E-state index in [0.29, 0.717) is 35.1 Å². The summed E-state index contributed by atoms with van der Waals surface area (Å²) in [5.41, 5.74) is 1.57. The number of amides is 2. The highest BCUT2D eigenvalue weighted by molar-refractivity contribution is 7.80. The van der Waals surface area contributed by atoms with Crippen LogP contribution >= 0.6 is 12.2 Å². The first kappa shape index (κ1) is 21.8. The largest absolute Gasteiger partial charge is 0.493 e. The standard InChI is InChI=1S/C23H27N3O3S/c1-16(2)15-29-18-9-7-8-17(14-18)21(27)25-23(30)24-20-11-4-3-10-19(20)22(28)26-12-5-6-13-26/h3-4,7-11,14,16H,5-6,12-13,15H2,1-2H3,(H2,24,25,27,30). The minimum Gasteiger partial charge on any atom is -0.493 e. The molecule has 0 bridgehead atoms. The number of rotatable bonds is 6. The van der Waals surface area contributed by atoms with Gasteiger partial charge in [-0.25, -0.2) is 0 Å². The maximum Gasteiger partial charge on any atom is 0.257 e. The number of hydrogen-bond donors (Lipinski definition) is 2. The number of nitrogens with zero attached hydrogens (tertiary/aromatic N) is 1. The van der Waals surface area contributed by atoms with Crippen LogP contribution in [0.15, 0.2) is 48.5 Å². The first-order chi connectivity index (χ1) is 14.4. The molecular formula is C23H27N3O3S. The fraction of sp³-hybridized carbons (Fsp3) is 0.348. The van der Waals surface area contributed by atoms with E-state index in [0.717, 1.165) is 25.9 Å². The topological polar surface area (TPSA) is 70.7 Å². The first-order valence-electron chi connectivity index (χ1n) is 10.2. The smallest absolute Gasteiger partial charge is 0.257 e. The van der Waals surface area contributed by atoms with E-state index in [1.807, 2.05) is 23.1 Å². The SMILES string of the molecule is CC(C)COc1cccc(C(=O)NC(=S)Nc2ccccc2C(=O)N2CCCC2)c1. The van der Waals surface area contributed by atoms with E-state index in [4.69, 9.17) is 17.0 Å². The molecule has 0 aromatic heterocycles. The summed E-state index contributed by atoms with van der Waals surface area (Å²) in [5, 5.41) is 5.80. The van der Waals surface area contributed by atoms with E-state index in [9.17, 15) is 9.59 Å².